The van der Waals surface area contributed by atoms with E-state index >= 15 is 0 Å². The summed E-state index contributed by atoms with van der Waals surface area (Å²) in [5, 5.41) is 0.740. The van der Waals surface area contributed by atoms with Gasteiger partial charge in [-0.05, 0) is 116 Å². The molecule has 0 radical (unpaired) electrons. The molecule has 1 saturated carbocycles. The monoisotopic (exact) mass is 751 g/mol. The Hall–Kier alpha value is -3.61. The normalized spacial score (nSPS) is 32.3. The van der Waals surface area contributed by atoms with E-state index in [1.807, 2.05) is 25.1 Å². The third-order valence-corrected chi connectivity index (χ3v) is 14.1. The molecule has 3 heterocycles. The third kappa shape index (κ3) is 7.30. The summed E-state index contributed by atoms with van der Waals surface area (Å²) < 4.78 is 39.8. The van der Waals surface area contributed by atoms with Gasteiger partial charge in [-0.25, -0.2) is 4.21 Å². The van der Waals surface area contributed by atoms with E-state index in [4.69, 9.17) is 31.5 Å². The fraction of sp³-hybridized carbons (Fsp3) is 0.564. The molecule has 11 nitrogen and oxygen atoms in total. The molecule has 2 aromatic carbocycles. The van der Waals surface area contributed by atoms with Crippen LogP contribution in [0, 0.1) is 23.7 Å². The maximum atomic E-state index is 14.7. The molecule has 2 aliphatic carbocycles. The van der Waals surface area contributed by atoms with Gasteiger partial charge in [0, 0.05) is 49.0 Å². The number of nitrogens with one attached hydrogen (secondary N) is 1. The number of fused-ring (bicyclic) bond motifs is 6. The number of ether oxygens (including phenoxy) is 3. The van der Waals surface area contributed by atoms with Crippen LogP contribution in [0.3, 0.4) is 0 Å². The quantitative estimate of drug-likeness (QED) is 0.226. The van der Waals surface area contributed by atoms with E-state index in [0.29, 0.717) is 30.1 Å². The van der Waals surface area contributed by atoms with Crippen LogP contribution in [-0.4, -0.2) is 74.6 Å². The summed E-state index contributed by atoms with van der Waals surface area (Å²) in [4.78, 5) is 33.9. The van der Waals surface area contributed by atoms with Crippen molar-refractivity contribution in [1.29, 1.82) is 0 Å². The standard InChI is InChI=1S/C39H50ClN5O6S/c1-24-6-7-25-14-16-50-35(25)30-11-8-28(30)20-45-22-39(15-4-5-26-17-29(40)10-12-32(26)39)23-51-34-13-9-27(18-33(34)45)37(46)43-52(48,21-24)44-38(47)31(19-42-2)36(41)49-3/h9-10,12-13,17-19,24-25,28,30,35H,4-8,11,14-16,20-23,41H2,1-3H3,(H,43,44,46,47,48)/b36-31-,42-19?/t24-,25-,28-,30+,35-,39-,52?/m0/s1. The lowest BCUT2D eigenvalue weighted by Crippen LogP contribution is -2.50. The molecule has 7 rings (SSSR count). The molecule has 1 unspecified atom stereocenters. The van der Waals surface area contributed by atoms with E-state index < -0.39 is 21.7 Å². The van der Waals surface area contributed by atoms with Gasteiger partial charge in [-0.15, -0.1) is 4.36 Å². The lowest BCUT2D eigenvalue weighted by molar-refractivity contribution is -0.115. The molecule has 1 spiro atoms. The number of nitrogens with zero attached hydrogens (tertiary/aromatic N) is 3. The first-order valence-corrected chi connectivity index (χ1v) is 20.6. The van der Waals surface area contributed by atoms with Crippen molar-refractivity contribution in [2.45, 2.75) is 69.8 Å². The Morgan fingerprint density at radius 3 is 2.77 bits per heavy atom. The van der Waals surface area contributed by atoms with Crippen molar-refractivity contribution in [3.05, 3.63) is 69.6 Å². The molecule has 2 bridgehead atoms. The molecule has 2 amide bonds. The van der Waals surface area contributed by atoms with E-state index in [9.17, 15) is 13.8 Å². The first kappa shape index (κ1) is 36.7. The number of carbonyl (C=O) groups excluding carboxylic acids is 2. The maximum absolute atomic E-state index is 14.7. The topological polar surface area (TPSA) is 145 Å². The Labute approximate surface area is 312 Å². The van der Waals surface area contributed by atoms with Crippen molar-refractivity contribution >= 4 is 45.2 Å². The largest absolute Gasteiger partial charge is 0.490 e. The highest BCUT2D eigenvalue weighted by molar-refractivity contribution is 7.92. The average Bonchev–Trinajstić information content (AvgIpc) is 3.50. The Bertz CT molecular complexity index is 1910. The van der Waals surface area contributed by atoms with Crippen molar-refractivity contribution in [3.63, 3.8) is 0 Å². The van der Waals surface area contributed by atoms with Crippen LogP contribution in [0.5, 0.6) is 5.75 Å². The van der Waals surface area contributed by atoms with Gasteiger partial charge in [-0.3, -0.25) is 19.3 Å². The molecule has 7 atom stereocenters. The summed E-state index contributed by atoms with van der Waals surface area (Å²) in [6.45, 7) is 4.77. The maximum Gasteiger partial charge on any atom is 0.286 e. The molecule has 5 aliphatic rings. The fourth-order valence-corrected chi connectivity index (χ4v) is 11.3. The fourth-order valence-electron chi connectivity index (χ4n) is 9.15. The van der Waals surface area contributed by atoms with Gasteiger partial charge >= 0.3 is 0 Å². The van der Waals surface area contributed by atoms with Gasteiger partial charge in [0.2, 0.25) is 0 Å². The van der Waals surface area contributed by atoms with Crippen LogP contribution in [0.15, 0.2) is 57.2 Å². The van der Waals surface area contributed by atoms with Crippen molar-refractivity contribution in [2.24, 2.45) is 38.8 Å². The molecule has 1 saturated heterocycles. The number of aliphatic imine (C=N–C) groups is 1. The van der Waals surface area contributed by atoms with E-state index in [1.165, 1.54) is 31.5 Å². The summed E-state index contributed by atoms with van der Waals surface area (Å²) in [5.74, 6) is 0.207. The summed E-state index contributed by atoms with van der Waals surface area (Å²) in [5.41, 5.74) is 9.22. The highest BCUT2D eigenvalue weighted by Crippen LogP contribution is 2.49. The molecule has 2 fully saturated rings. The summed E-state index contributed by atoms with van der Waals surface area (Å²) in [7, 11) is -0.803. The summed E-state index contributed by atoms with van der Waals surface area (Å²) in [6.07, 6.45) is 9.29. The van der Waals surface area contributed by atoms with Gasteiger partial charge in [0.25, 0.3) is 11.8 Å². The number of hydrogen-bond donors (Lipinski definition) is 2. The molecule has 280 valence electrons. The Balaban J connectivity index is 1.31. The van der Waals surface area contributed by atoms with E-state index in [2.05, 4.69) is 31.1 Å². The summed E-state index contributed by atoms with van der Waals surface area (Å²) in [6, 6.07) is 11.6. The van der Waals surface area contributed by atoms with Crippen molar-refractivity contribution in [3.8, 4) is 5.75 Å². The minimum Gasteiger partial charge on any atom is -0.490 e. The smallest absolute Gasteiger partial charge is 0.286 e. The second-order valence-corrected chi connectivity index (χ2v) is 17.8. The van der Waals surface area contributed by atoms with E-state index in [1.54, 1.807) is 6.07 Å². The third-order valence-electron chi connectivity index (χ3n) is 11.9. The number of anilines is 1. The van der Waals surface area contributed by atoms with Crippen LogP contribution in [0.4, 0.5) is 5.69 Å². The Kier molecular flexibility index (Phi) is 10.6. The zero-order valence-corrected chi connectivity index (χ0v) is 31.8. The first-order chi connectivity index (χ1) is 25.0. The van der Waals surface area contributed by atoms with Gasteiger partial charge in [-0.2, -0.15) is 0 Å². The average molecular weight is 752 g/mol. The lowest BCUT2D eigenvalue weighted by Gasteiger charge is -2.46. The van der Waals surface area contributed by atoms with Crippen LogP contribution < -0.4 is 20.1 Å². The molecule has 0 aromatic heterocycles. The van der Waals surface area contributed by atoms with Gasteiger partial charge in [-0.1, -0.05) is 24.6 Å². The number of carbonyl (C=O) groups is 2. The van der Waals surface area contributed by atoms with Gasteiger partial charge in [0.1, 0.15) is 21.2 Å². The number of methoxy groups -OCH3 is 1. The van der Waals surface area contributed by atoms with Crippen LogP contribution in [-0.2, 0) is 36.0 Å². The molecular weight excluding hydrogens is 702 g/mol. The molecule has 3 N–H and O–H groups in total. The molecular formula is C39H50ClN5O6S. The number of benzene rings is 2. The summed E-state index contributed by atoms with van der Waals surface area (Å²) >= 11 is 6.47. The predicted octanol–water partition coefficient (Wildman–Crippen LogP) is 5.83. The molecule has 52 heavy (non-hydrogen) atoms. The lowest BCUT2D eigenvalue weighted by atomic mass is 9.66. The van der Waals surface area contributed by atoms with Gasteiger partial charge < -0.3 is 24.8 Å². The van der Waals surface area contributed by atoms with E-state index in [-0.39, 0.29) is 40.2 Å². The van der Waals surface area contributed by atoms with Gasteiger partial charge in [0.15, 0.2) is 5.88 Å². The van der Waals surface area contributed by atoms with Crippen LogP contribution in [0.1, 0.15) is 73.4 Å². The highest BCUT2D eigenvalue weighted by atomic mass is 35.5. The van der Waals surface area contributed by atoms with Crippen LogP contribution in [0.25, 0.3) is 0 Å². The zero-order chi connectivity index (χ0) is 36.6. The van der Waals surface area contributed by atoms with E-state index in [0.717, 1.165) is 81.8 Å². The zero-order valence-electron chi connectivity index (χ0n) is 30.3. The number of halogens is 1. The SMILES string of the molecule is CN=C/C(C(=O)NS1(=O)=NC(=O)c2ccc3c(c2)N(C[C@@H]2CC[C@H]2[C@H]2OCC[C@@H]2CC[C@H](C)C1)C[C@@]1(CCCc2cc(Cl)ccc21)CO3)=C(\N)OC. The first-order valence-electron chi connectivity index (χ1n) is 18.5. The van der Waals surface area contributed by atoms with Crippen molar-refractivity contribution < 1.29 is 28.0 Å². The number of rotatable bonds is 4. The minimum absolute atomic E-state index is 0.00959. The van der Waals surface area contributed by atoms with Gasteiger partial charge in [0.05, 0.1) is 31.3 Å². The van der Waals surface area contributed by atoms with Crippen LogP contribution in [0.2, 0.25) is 5.02 Å². The number of hydrogen-bond acceptors (Lipinski definition) is 9. The Morgan fingerprint density at radius 1 is 1.17 bits per heavy atom. The minimum atomic E-state index is -3.62. The van der Waals surface area contributed by atoms with Crippen LogP contribution >= 0.6 is 11.6 Å². The number of aryl methyl sites for hydroxylation is 1. The van der Waals surface area contributed by atoms with Crippen molar-refractivity contribution in [1.82, 2.24) is 4.72 Å². The number of nitrogens with two attached hydrogens (primary N) is 1. The molecule has 2 aromatic rings. The molecule has 13 heteroatoms. The van der Waals surface area contributed by atoms with Crippen molar-refractivity contribution in [2.75, 3.05) is 51.1 Å². The predicted molar refractivity (Wildman–Crippen MR) is 203 cm³/mol. The second-order valence-electron chi connectivity index (χ2n) is 15.4. The Morgan fingerprint density at radius 2 is 2.00 bits per heavy atom. The highest BCUT2D eigenvalue weighted by Gasteiger charge is 2.47. The molecule has 3 aliphatic heterocycles. The number of amides is 2. The second kappa shape index (κ2) is 15.0.